The summed E-state index contributed by atoms with van der Waals surface area (Å²) in [5.41, 5.74) is 7.76. The lowest BCUT2D eigenvalue weighted by Crippen LogP contribution is -2.29. The Morgan fingerprint density at radius 3 is 3.07 bits per heavy atom. The van der Waals surface area contributed by atoms with E-state index in [2.05, 4.69) is 21.3 Å². The van der Waals surface area contributed by atoms with Crippen LogP contribution in [0.5, 0.6) is 0 Å². The van der Waals surface area contributed by atoms with Crippen molar-refractivity contribution >= 4 is 11.6 Å². The van der Waals surface area contributed by atoms with Gasteiger partial charge in [-0.15, -0.1) is 0 Å². The predicted molar refractivity (Wildman–Crippen MR) is 62.9 cm³/mol. The van der Waals surface area contributed by atoms with E-state index in [1.807, 2.05) is 25.2 Å². The second-order valence-corrected chi connectivity index (χ2v) is 3.66. The first-order valence-corrected chi connectivity index (χ1v) is 5.11. The third-order valence-electron chi connectivity index (χ3n) is 2.48. The summed E-state index contributed by atoms with van der Waals surface area (Å²) in [6, 6.07) is 8.09. The molecule has 1 aliphatic heterocycles. The standard InChI is InChI=1S/C11H16N4/c1-15-6-5-13-11(15)14-10-4-2-3-9(7-10)8-12/h2-4,7H,5-6,8,12H2,1H3,(H,13,14). The summed E-state index contributed by atoms with van der Waals surface area (Å²) in [6.45, 7) is 2.42. The summed E-state index contributed by atoms with van der Waals surface area (Å²) in [7, 11) is 2.03. The van der Waals surface area contributed by atoms with Crippen LogP contribution in [0.2, 0.25) is 0 Å². The van der Waals surface area contributed by atoms with Crippen molar-refractivity contribution in [2.24, 2.45) is 10.7 Å². The van der Waals surface area contributed by atoms with E-state index in [9.17, 15) is 0 Å². The maximum absolute atomic E-state index is 5.59. The fraction of sp³-hybridized carbons (Fsp3) is 0.364. The highest BCUT2D eigenvalue weighted by Gasteiger charge is 2.11. The Morgan fingerprint density at radius 2 is 2.40 bits per heavy atom. The van der Waals surface area contributed by atoms with Crippen molar-refractivity contribution in [2.75, 3.05) is 25.5 Å². The third kappa shape index (κ3) is 2.27. The number of likely N-dealkylation sites (N-methyl/N-ethyl adjacent to an activating group) is 1. The molecule has 15 heavy (non-hydrogen) atoms. The number of nitrogens with one attached hydrogen (secondary N) is 1. The van der Waals surface area contributed by atoms with E-state index in [1.54, 1.807) is 0 Å². The van der Waals surface area contributed by atoms with Crippen LogP contribution in [0.4, 0.5) is 5.69 Å². The number of nitrogens with two attached hydrogens (primary N) is 1. The van der Waals surface area contributed by atoms with Gasteiger partial charge in [0.2, 0.25) is 0 Å². The van der Waals surface area contributed by atoms with Gasteiger partial charge in [0.05, 0.1) is 6.54 Å². The van der Waals surface area contributed by atoms with Gasteiger partial charge in [-0.3, -0.25) is 4.99 Å². The zero-order valence-corrected chi connectivity index (χ0v) is 8.90. The zero-order valence-electron chi connectivity index (χ0n) is 8.90. The van der Waals surface area contributed by atoms with Crippen molar-refractivity contribution in [3.8, 4) is 0 Å². The van der Waals surface area contributed by atoms with E-state index in [4.69, 9.17) is 5.73 Å². The minimum atomic E-state index is 0.567. The molecular formula is C11H16N4. The molecule has 0 saturated heterocycles. The molecule has 0 radical (unpaired) electrons. The number of hydrogen-bond acceptors (Lipinski definition) is 4. The Bertz CT molecular complexity index is 373. The van der Waals surface area contributed by atoms with Gasteiger partial charge in [-0.05, 0) is 17.7 Å². The predicted octanol–water partition coefficient (Wildman–Crippen LogP) is 0.859. The first kappa shape index (κ1) is 9.98. The maximum Gasteiger partial charge on any atom is 0.198 e. The SMILES string of the molecule is CN1CCN=C1Nc1cccc(CN)c1. The van der Waals surface area contributed by atoms with Crippen LogP contribution in [0.25, 0.3) is 0 Å². The lowest BCUT2D eigenvalue weighted by molar-refractivity contribution is 0.555. The van der Waals surface area contributed by atoms with Crippen molar-refractivity contribution < 1.29 is 0 Å². The molecule has 0 unspecified atom stereocenters. The number of aliphatic imine (C=N–C) groups is 1. The van der Waals surface area contributed by atoms with Crippen molar-refractivity contribution in [2.45, 2.75) is 6.54 Å². The lowest BCUT2D eigenvalue weighted by atomic mass is 10.2. The van der Waals surface area contributed by atoms with Gasteiger partial charge in [0.15, 0.2) is 5.96 Å². The highest BCUT2D eigenvalue weighted by Crippen LogP contribution is 2.11. The molecule has 0 spiro atoms. The molecule has 0 bridgehead atoms. The smallest absolute Gasteiger partial charge is 0.198 e. The van der Waals surface area contributed by atoms with Gasteiger partial charge in [-0.25, -0.2) is 0 Å². The van der Waals surface area contributed by atoms with E-state index in [-0.39, 0.29) is 0 Å². The second kappa shape index (κ2) is 4.31. The average Bonchev–Trinajstić information content (AvgIpc) is 2.65. The Kier molecular flexibility index (Phi) is 2.87. The molecule has 0 aromatic heterocycles. The monoisotopic (exact) mass is 204 g/mol. The van der Waals surface area contributed by atoms with Crippen LogP contribution >= 0.6 is 0 Å². The van der Waals surface area contributed by atoms with E-state index in [0.29, 0.717) is 6.54 Å². The molecule has 4 nitrogen and oxygen atoms in total. The van der Waals surface area contributed by atoms with E-state index < -0.39 is 0 Å². The molecule has 2 rings (SSSR count). The molecule has 0 aliphatic carbocycles. The summed E-state index contributed by atoms with van der Waals surface area (Å²) >= 11 is 0. The Labute approximate surface area is 89.8 Å². The average molecular weight is 204 g/mol. The maximum atomic E-state index is 5.59. The topological polar surface area (TPSA) is 53.6 Å². The van der Waals surface area contributed by atoms with Gasteiger partial charge in [-0.1, -0.05) is 12.1 Å². The van der Waals surface area contributed by atoms with Crippen molar-refractivity contribution in [3.05, 3.63) is 29.8 Å². The van der Waals surface area contributed by atoms with Crippen LogP contribution in [0, 0.1) is 0 Å². The van der Waals surface area contributed by atoms with Gasteiger partial charge in [0.25, 0.3) is 0 Å². The molecule has 0 saturated carbocycles. The molecule has 80 valence electrons. The first-order valence-electron chi connectivity index (χ1n) is 5.11. The number of hydrogen-bond donors (Lipinski definition) is 2. The minimum Gasteiger partial charge on any atom is -0.344 e. The van der Waals surface area contributed by atoms with Crippen LogP contribution in [0.3, 0.4) is 0 Å². The second-order valence-electron chi connectivity index (χ2n) is 3.66. The largest absolute Gasteiger partial charge is 0.344 e. The zero-order chi connectivity index (χ0) is 10.7. The molecular weight excluding hydrogens is 188 g/mol. The molecule has 0 amide bonds. The van der Waals surface area contributed by atoms with Crippen LogP contribution in [-0.4, -0.2) is 31.0 Å². The van der Waals surface area contributed by atoms with Gasteiger partial charge < -0.3 is 16.0 Å². The molecule has 1 aromatic carbocycles. The summed E-state index contributed by atoms with van der Waals surface area (Å²) in [4.78, 5) is 6.47. The first-order chi connectivity index (χ1) is 7.29. The Hall–Kier alpha value is -1.55. The summed E-state index contributed by atoms with van der Waals surface area (Å²) < 4.78 is 0. The number of anilines is 1. The van der Waals surface area contributed by atoms with Gasteiger partial charge in [0, 0.05) is 25.8 Å². The van der Waals surface area contributed by atoms with E-state index in [1.165, 1.54) is 0 Å². The third-order valence-corrected chi connectivity index (χ3v) is 2.48. The van der Waals surface area contributed by atoms with Crippen molar-refractivity contribution in [1.82, 2.24) is 4.90 Å². The van der Waals surface area contributed by atoms with Gasteiger partial charge in [-0.2, -0.15) is 0 Å². The summed E-state index contributed by atoms with van der Waals surface area (Å²) in [5.74, 6) is 0.934. The highest BCUT2D eigenvalue weighted by atomic mass is 15.3. The van der Waals surface area contributed by atoms with Crippen LogP contribution in [0.1, 0.15) is 5.56 Å². The fourth-order valence-electron chi connectivity index (χ4n) is 1.57. The summed E-state index contributed by atoms with van der Waals surface area (Å²) in [5, 5.41) is 3.29. The Morgan fingerprint density at radius 1 is 1.53 bits per heavy atom. The Balaban J connectivity index is 2.10. The van der Waals surface area contributed by atoms with Crippen LogP contribution in [-0.2, 0) is 6.54 Å². The molecule has 1 aromatic rings. The highest BCUT2D eigenvalue weighted by molar-refractivity contribution is 5.94. The van der Waals surface area contributed by atoms with Crippen LogP contribution < -0.4 is 11.1 Å². The fourth-order valence-corrected chi connectivity index (χ4v) is 1.57. The van der Waals surface area contributed by atoms with E-state index in [0.717, 1.165) is 30.3 Å². The molecule has 0 fully saturated rings. The van der Waals surface area contributed by atoms with Crippen molar-refractivity contribution in [3.63, 3.8) is 0 Å². The number of rotatable bonds is 2. The van der Waals surface area contributed by atoms with Crippen molar-refractivity contribution in [1.29, 1.82) is 0 Å². The molecule has 1 heterocycles. The summed E-state index contributed by atoms with van der Waals surface area (Å²) in [6.07, 6.45) is 0. The number of nitrogens with zero attached hydrogens (tertiary/aromatic N) is 2. The molecule has 0 atom stereocenters. The molecule has 1 aliphatic rings. The van der Waals surface area contributed by atoms with Crippen LogP contribution in [0.15, 0.2) is 29.3 Å². The van der Waals surface area contributed by atoms with Gasteiger partial charge >= 0.3 is 0 Å². The molecule has 3 N–H and O–H groups in total. The minimum absolute atomic E-state index is 0.567. The van der Waals surface area contributed by atoms with Gasteiger partial charge in [0.1, 0.15) is 0 Å². The normalized spacial score (nSPS) is 15.3. The lowest BCUT2D eigenvalue weighted by Gasteiger charge is -2.15. The quantitative estimate of drug-likeness (QED) is 0.751. The van der Waals surface area contributed by atoms with E-state index >= 15 is 0 Å². The number of benzene rings is 1. The molecule has 4 heteroatoms. The number of guanidine groups is 1.